The third-order valence-corrected chi connectivity index (χ3v) is 7.73. The van der Waals surface area contributed by atoms with E-state index >= 15 is 0 Å². The summed E-state index contributed by atoms with van der Waals surface area (Å²) in [6.07, 6.45) is 6.71. The smallest absolute Gasteiger partial charge is 0.222 e. The number of rotatable bonds is 0. The van der Waals surface area contributed by atoms with Crippen LogP contribution in [0.2, 0.25) is 0 Å². The zero-order chi connectivity index (χ0) is 15.8. The first kappa shape index (κ1) is 14.0. The molecule has 4 aliphatic rings. The van der Waals surface area contributed by atoms with Crippen LogP contribution in [0.4, 0.5) is 10.1 Å². The molecule has 5 atom stereocenters. The summed E-state index contributed by atoms with van der Waals surface area (Å²) >= 11 is 0. The maximum Gasteiger partial charge on any atom is 0.222 e. The van der Waals surface area contributed by atoms with Crippen LogP contribution in [-0.2, 0) is 11.2 Å². The molecule has 23 heavy (non-hydrogen) atoms. The summed E-state index contributed by atoms with van der Waals surface area (Å²) in [4.78, 5) is 3.33. The fourth-order valence-corrected chi connectivity index (χ4v) is 6.35. The van der Waals surface area contributed by atoms with Crippen LogP contribution < -0.4 is 0 Å². The lowest BCUT2D eigenvalue weighted by molar-refractivity contribution is 0.0119. The predicted molar refractivity (Wildman–Crippen MR) is 86.0 cm³/mol. The Kier molecular flexibility index (Phi) is 2.65. The van der Waals surface area contributed by atoms with Crippen molar-refractivity contribution in [2.45, 2.75) is 57.0 Å². The third-order valence-electron chi connectivity index (χ3n) is 7.73. The Hall–Kier alpha value is -1.40. The molecule has 120 valence electrons. The van der Waals surface area contributed by atoms with Crippen LogP contribution in [0.25, 0.3) is 4.85 Å². The van der Waals surface area contributed by atoms with Gasteiger partial charge in [0.25, 0.3) is 0 Å². The maximum atomic E-state index is 14.6. The van der Waals surface area contributed by atoms with Gasteiger partial charge in [-0.1, -0.05) is 19.1 Å². The Bertz CT molecular complexity index is 732. The number of benzene rings is 1. The minimum absolute atomic E-state index is 0.183. The second-order valence-corrected chi connectivity index (χ2v) is 8.27. The molecule has 0 radical (unpaired) electrons. The molecular weight excluding hydrogens is 289 g/mol. The van der Waals surface area contributed by atoms with Crippen molar-refractivity contribution in [2.75, 3.05) is 6.61 Å². The molecule has 3 unspecified atom stereocenters. The van der Waals surface area contributed by atoms with Crippen molar-refractivity contribution in [2.24, 2.45) is 17.3 Å². The Balaban J connectivity index is 1.55. The molecule has 3 fully saturated rings. The number of halogens is 1. The lowest BCUT2D eigenvalue weighted by Crippen LogP contribution is -2.45. The molecular formula is C20H22FNO. The van der Waals surface area contributed by atoms with Crippen molar-refractivity contribution in [3.8, 4) is 0 Å². The van der Waals surface area contributed by atoms with Crippen LogP contribution >= 0.6 is 0 Å². The standard InChI is InChI=1S/C20H22FNO/c1-19-9-7-13-12-5-6-17(22-2)18(21)15(12)4-3-14(13)16(19)8-10-20(19)11-23-20/h5-6,13-14,16H,3-4,7-11H2,1H3/t13?,14?,16?,19-,20+/m0/s1. The molecule has 2 saturated carbocycles. The van der Waals surface area contributed by atoms with Crippen molar-refractivity contribution in [3.05, 3.63) is 40.5 Å². The van der Waals surface area contributed by atoms with Gasteiger partial charge in [-0.2, -0.15) is 0 Å². The highest BCUT2D eigenvalue weighted by atomic mass is 19.1. The molecule has 0 amide bonds. The first-order valence-corrected chi connectivity index (χ1v) is 8.92. The Morgan fingerprint density at radius 2 is 2.09 bits per heavy atom. The largest absolute Gasteiger partial charge is 0.369 e. The van der Waals surface area contributed by atoms with Gasteiger partial charge in [-0.05, 0) is 67.4 Å². The number of hydrogen-bond acceptors (Lipinski definition) is 1. The van der Waals surface area contributed by atoms with Gasteiger partial charge in [0, 0.05) is 5.41 Å². The van der Waals surface area contributed by atoms with Crippen molar-refractivity contribution < 1.29 is 9.13 Å². The fraction of sp³-hybridized carbons (Fsp3) is 0.650. The van der Waals surface area contributed by atoms with Crippen LogP contribution in [0.5, 0.6) is 0 Å². The number of fused-ring (bicyclic) bond motifs is 6. The second-order valence-electron chi connectivity index (χ2n) is 8.27. The molecule has 1 spiro atoms. The van der Waals surface area contributed by atoms with E-state index < -0.39 is 0 Å². The van der Waals surface area contributed by atoms with Gasteiger partial charge in [0.1, 0.15) is 5.82 Å². The van der Waals surface area contributed by atoms with Crippen molar-refractivity contribution in [3.63, 3.8) is 0 Å². The zero-order valence-corrected chi connectivity index (χ0v) is 13.6. The summed E-state index contributed by atoms with van der Waals surface area (Å²) in [7, 11) is 0. The van der Waals surface area contributed by atoms with Gasteiger partial charge in [0.15, 0.2) is 0 Å². The van der Waals surface area contributed by atoms with E-state index in [1.807, 2.05) is 6.07 Å². The van der Waals surface area contributed by atoms with Gasteiger partial charge in [-0.3, -0.25) is 0 Å². The molecule has 0 bridgehead atoms. The average Bonchev–Trinajstić information content (AvgIpc) is 3.29. The van der Waals surface area contributed by atoms with E-state index in [4.69, 9.17) is 11.3 Å². The topological polar surface area (TPSA) is 16.9 Å². The van der Waals surface area contributed by atoms with Gasteiger partial charge >= 0.3 is 0 Å². The minimum atomic E-state index is -0.252. The molecule has 1 aromatic carbocycles. The number of epoxide rings is 1. The van der Waals surface area contributed by atoms with E-state index in [1.165, 1.54) is 24.8 Å². The van der Waals surface area contributed by atoms with Crippen LogP contribution in [-0.4, -0.2) is 12.2 Å². The normalized spacial score (nSPS) is 43.4. The summed E-state index contributed by atoms with van der Waals surface area (Å²) in [5.41, 5.74) is 2.74. The van der Waals surface area contributed by atoms with Gasteiger partial charge in [-0.25, -0.2) is 9.24 Å². The average molecular weight is 311 g/mol. The molecule has 3 aliphatic carbocycles. The van der Waals surface area contributed by atoms with Gasteiger partial charge < -0.3 is 4.74 Å². The monoisotopic (exact) mass is 311 g/mol. The SMILES string of the molecule is [C-]#[N+]c1ccc2c(c1F)CCC1C2CC[C@@]2(C)C1CC[C@@]21CO1. The first-order valence-electron chi connectivity index (χ1n) is 8.92. The maximum absolute atomic E-state index is 14.6. The Labute approximate surface area is 136 Å². The molecule has 1 aliphatic heterocycles. The molecule has 1 saturated heterocycles. The first-order chi connectivity index (χ1) is 11.1. The molecule has 1 aromatic rings. The van der Waals surface area contributed by atoms with Crippen LogP contribution in [0.3, 0.4) is 0 Å². The number of nitrogens with zero attached hydrogens (tertiary/aromatic N) is 1. The number of ether oxygens (including phenoxy) is 1. The molecule has 1 heterocycles. The summed E-state index contributed by atoms with van der Waals surface area (Å²) < 4.78 is 20.5. The lowest BCUT2D eigenvalue weighted by Gasteiger charge is -2.50. The summed E-state index contributed by atoms with van der Waals surface area (Å²) in [6, 6.07) is 3.74. The highest BCUT2D eigenvalue weighted by Crippen LogP contribution is 2.68. The third kappa shape index (κ3) is 1.61. The van der Waals surface area contributed by atoms with E-state index in [9.17, 15) is 4.39 Å². The lowest BCUT2D eigenvalue weighted by atomic mass is 9.54. The van der Waals surface area contributed by atoms with Crippen LogP contribution in [0.1, 0.15) is 56.1 Å². The molecule has 0 aromatic heterocycles. The molecule has 0 N–H and O–H groups in total. The van der Waals surface area contributed by atoms with E-state index in [1.54, 1.807) is 6.07 Å². The molecule has 5 rings (SSSR count). The summed E-state index contributed by atoms with van der Waals surface area (Å²) in [5, 5.41) is 0. The predicted octanol–water partition coefficient (Wildman–Crippen LogP) is 5.00. The van der Waals surface area contributed by atoms with Crippen molar-refractivity contribution in [1.82, 2.24) is 0 Å². The van der Waals surface area contributed by atoms with Gasteiger partial charge in [0.05, 0.1) is 18.8 Å². The Morgan fingerprint density at radius 3 is 2.83 bits per heavy atom. The van der Waals surface area contributed by atoms with E-state index in [0.717, 1.165) is 37.4 Å². The van der Waals surface area contributed by atoms with E-state index in [2.05, 4.69) is 11.8 Å². The fourth-order valence-electron chi connectivity index (χ4n) is 6.35. The van der Waals surface area contributed by atoms with E-state index in [-0.39, 0.29) is 17.1 Å². The molecule has 3 heteroatoms. The highest BCUT2D eigenvalue weighted by molar-refractivity contribution is 5.53. The van der Waals surface area contributed by atoms with Gasteiger partial charge in [0.2, 0.25) is 5.69 Å². The Morgan fingerprint density at radius 1 is 1.26 bits per heavy atom. The van der Waals surface area contributed by atoms with Gasteiger partial charge in [-0.15, -0.1) is 0 Å². The summed E-state index contributed by atoms with van der Waals surface area (Å²) in [6.45, 7) is 10.5. The van der Waals surface area contributed by atoms with Crippen molar-refractivity contribution in [1.29, 1.82) is 0 Å². The van der Waals surface area contributed by atoms with Crippen LogP contribution in [0, 0.1) is 29.6 Å². The summed E-state index contributed by atoms with van der Waals surface area (Å²) in [5.74, 6) is 1.63. The van der Waals surface area contributed by atoms with Crippen LogP contribution in [0.15, 0.2) is 12.1 Å². The second kappa shape index (κ2) is 4.36. The quantitative estimate of drug-likeness (QED) is 0.486. The highest BCUT2D eigenvalue weighted by Gasteiger charge is 2.68. The molecule has 2 nitrogen and oxygen atoms in total. The number of hydrogen-bond donors (Lipinski definition) is 0. The zero-order valence-electron chi connectivity index (χ0n) is 13.6. The minimum Gasteiger partial charge on any atom is -0.369 e. The van der Waals surface area contributed by atoms with Crippen molar-refractivity contribution >= 4 is 5.69 Å². The van der Waals surface area contributed by atoms with E-state index in [0.29, 0.717) is 17.3 Å².